The Morgan fingerprint density at radius 3 is 1.77 bits per heavy atom. The Hall–Kier alpha value is -2.67. The van der Waals surface area contributed by atoms with E-state index in [1.54, 1.807) is 36.4 Å². The largest absolute Gasteiger partial charge is 0.399 e. The van der Waals surface area contributed by atoms with Crippen LogP contribution in [-0.4, -0.2) is 14.2 Å². The molecule has 0 radical (unpaired) electrons. The first-order valence-corrected chi connectivity index (χ1v) is 9.43. The van der Waals surface area contributed by atoms with Crippen LogP contribution in [0.4, 0.5) is 5.69 Å². The van der Waals surface area contributed by atoms with Gasteiger partial charge in [0.2, 0.25) is 10.0 Å². The number of sulfonamides is 1. The van der Waals surface area contributed by atoms with E-state index in [4.69, 9.17) is 22.5 Å². The maximum atomic E-state index is 11.9. The van der Waals surface area contributed by atoms with Gasteiger partial charge in [-0.05, 0) is 48.5 Å². The van der Waals surface area contributed by atoms with E-state index in [2.05, 4.69) is 0 Å². The zero-order valence-corrected chi connectivity index (χ0v) is 15.2. The first-order chi connectivity index (χ1) is 12.3. The lowest BCUT2D eigenvalue weighted by Gasteiger charge is -2.00. The third-order valence-electron chi connectivity index (χ3n) is 3.35. The van der Waals surface area contributed by atoms with Gasteiger partial charge in [-0.25, -0.2) is 13.6 Å². The van der Waals surface area contributed by atoms with E-state index >= 15 is 0 Å². The number of carbonyl (C=O) groups is 1. The summed E-state index contributed by atoms with van der Waals surface area (Å²) in [5.41, 5.74) is 7.20. The van der Waals surface area contributed by atoms with E-state index < -0.39 is 10.0 Å². The van der Waals surface area contributed by atoms with Crippen LogP contribution in [0.25, 0.3) is 0 Å². The van der Waals surface area contributed by atoms with Gasteiger partial charge in [0.05, 0.1) is 4.90 Å². The molecule has 7 heteroatoms. The molecule has 0 spiro atoms. The predicted octanol–water partition coefficient (Wildman–Crippen LogP) is 3.49. The molecule has 0 aliphatic carbocycles. The van der Waals surface area contributed by atoms with Crippen molar-refractivity contribution >= 4 is 33.1 Å². The van der Waals surface area contributed by atoms with Crippen molar-refractivity contribution in [2.75, 3.05) is 5.73 Å². The predicted molar refractivity (Wildman–Crippen MR) is 104 cm³/mol. The van der Waals surface area contributed by atoms with Crippen LogP contribution in [0.1, 0.15) is 15.9 Å². The number of nitrogen functional groups attached to an aromatic ring is 1. The van der Waals surface area contributed by atoms with Crippen molar-refractivity contribution in [2.24, 2.45) is 5.14 Å². The molecular formula is C19H17ClN2O3S. The van der Waals surface area contributed by atoms with Gasteiger partial charge in [-0.3, -0.25) is 4.79 Å². The molecule has 134 valence electrons. The van der Waals surface area contributed by atoms with Crippen LogP contribution >= 0.6 is 11.6 Å². The monoisotopic (exact) mass is 388 g/mol. The number of carbonyl (C=O) groups excluding carboxylic acids is 1. The minimum absolute atomic E-state index is 0.0206. The van der Waals surface area contributed by atoms with Crippen molar-refractivity contribution in [3.05, 3.63) is 95.0 Å². The van der Waals surface area contributed by atoms with Crippen LogP contribution < -0.4 is 10.9 Å². The summed E-state index contributed by atoms with van der Waals surface area (Å²) in [5.74, 6) is 0.0206. The average Bonchev–Trinajstić information content (AvgIpc) is 2.63. The van der Waals surface area contributed by atoms with Crippen molar-refractivity contribution < 1.29 is 13.2 Å². The molecule has 0 aliphatic heterocycles. The van der Waals surface area contributed by atoms with Gasteiger partial charge in [0, 0.05) is 21.8 Å². The molecular weight excluding hydrogens is 372 g/mol. The van der Waals surface area contributed by atoms with Crippen molar-refractivity contribution in [1.29, 1.82) is 0 Å². The lowest BCUT2D eigenvalue weighted by Crippen LogP contribution is -2.11. The maximum absolute atomic E-state index is 11.9. The topological polar surface area (TPSA) is 103 Å². The highest BCUT2D eigenvalue weighted by molar-refractivity contribution is 7.89. The van der Waals surface area contributed by atoms with Crippen LogP contribution in [0.2, 0.25) is 5.02 Å². The molecule has 3 aromatic rings. The Kier molecular flexibility index (Phi) is 6.52. The summed E-state index contributed by atoms with van der Waals surface area (Å²) < 4.78 is 21.4. The third kappa shape index (κ3) is 5.70. The summed E-state index contributed by atoms with van der Waals surface area (Å²) >= 11 is 5.75. The van der Waals surface area contributed by atoms with Crippen LogP contribution in [0.5, 0.6) is 0 Å². The normalized spacial score (nSPS) is 10.5. The third-order valence-corrected chi connectivity index (χ3v) is 4.53. The maximum Gasteiger partial charge on any atom is 0.238 e. The van der Waals surface area contributed by atoms with E-state index in [0.717, 1.165) is 0 Å². The fourth-order valence-electron chi connectivity index (χ4n) is 2.01. The van der Waals surface area contributed by atoms with E-state index in [0.29, 0.717) is 21.8 Å². The number of hydrogen-bond donors (Lipinski definition) is 2. The molecule has 5 nitrogen and oxygen atoms in total. The van der Waals surface area contributed by atoms with Gasteiger partial charge in [-0.2, -0.15) is 0 Å². The van der Waals surface area contributed by atoms with Crippen molar-refractivity contribution in [3.8, 4) is 0 Å². The number of halogens is 1. The molecule has 0 saturated heterocycles. The summed E-state index contributed by atoms with van der Waals surface area (Å²) in [7, 11) is -3.58. The summed E-state index contributed by atoms with van der Waals surface area (Å²) in [6, 6.07) is 21.8. The van der Waals surface area contributed by atoms with Gasteiger partial charge in [0.1, 0.15) is 0 Å². The molecule has 0 aromatic heterocycles. The van der Waals surface area contributed by atoms with E-state index in [9.17, 15) is 13.2 Å². The van der Waals surface area contributed by atoms with Gasteiger partial charge >= 0.3 is 0 Å². The lowest BCUT2D eigenvalue weighted by molar-refractivity contribution is 0.103. The number of hydrogen-bond acceptors (Lipinski definition) is 4. The van der Waals surface area contributed by atoms with Gasteiger partial charge in [0.15, 0.2) is 5.78 Å². The van der Waals surface area contributed by atoms with Crippen LogP contribution in [0.15, 0.2) is 83.8 Å². The van der Waals surface area contributed by atoms with Crippen molar-refractivity contribution in [2.45, 2.75) is 4.90 Å². The van der Waals surface area contributed by atoms with E-state index in [-0.39, 0.29) is 10.7 Å². The molecule has 4 N–H and O–H groups in total. The second-order valence-corrected chi connectivity index (χ2v) is 7.31. The molecule has 0 fully saturated rings. The van der Waals surface area contributed by atoms with Crippen LogP contribution in [0.3, 0.4) is 0 Å². The smallest absolute Gasteiger partial charge is 0.238 e. The summed E-state index contributed by atoms with van der Waals surface area (Å²) in [6.45, 7) is 0. The highest BCUT2D eigenvalue weighted by Gasteiger charge is 2.07. The quantitative estimate of drug-likeness (QED) is 0.529. The second-order valence-electron chi connectivity index (χ2n) is 5.32. The fraction of sp³-hybridized carbons (Fsp3) is 0. The van der Waals surface area contributed by atoms with Gasteiger partial charge in [-0.15, -0.1) is 0 Å². The Labute approximate surface area is 157 Å². The second kappa shape index (κ2) is 8.62. The molecule has 0 unspecified atom stereocenters. The molecule has 3 aromatic carbocycles. The minimum Gasteiger partial charge on any atom is -0.399 e. The summed E-state index contributed by atoms with van der Waals surface area (Å²) in [4.78, 5) is 12.0. The number of benzene rings is 3. The standard InChI is InChI=1S/C13H9ClO.C6H8N2O2S/c14-12-8-6-11(7-9-12)13(15)10-4-2-1-3-5-10;7-5-1-3-6(4-2-5)11(8,9)10/h1-9H;1-4H,7H2,(H2,8,9,10). The highest BCUT2D eigenvalue weighted by Crippen LogP contribution is 2.13. The number of ketones is 1. The first kappa shape index (κ1) is 19.7. The van der Waals surface area contributed by atoms with Crippen molar-refractivity contribution in [3.63, 3.8) is 0 Å². The summed E-state index contributed by atoms with van der Waals surface area (Å²) in [5, 5.41) is 5.48. The number of rotatable bonds is 3. The molecule has 0 saturated carbocycles. The molecule has 0 heterocycles. The van der Waals surface area contributed by atoms with Crippen molar-refractivity contribution in [1.82, 2.24) is 0 Å². The molecule has 26 heavy (non-hydrogen) atoms. The van der Waals surface area contributed by atoms with Gasteiger partial charge in [-0.1, -0.05) is 41.9 Å². The minimum atomic E-state index is -3.58. The van der Waals surface area contributed by atoms with Crippen LogP contribution in [-0.2, 0) is 10.0 Å². The van der Waals surface area contributed by atoms with Gasteiger partial charge in [0.25, 0.3) is 0 Å². The molecule has 0 bridgehead atoms. The van der Waals surface area contributed by atoms with E-state index in [1.165, 1.54) is 24.3 Å². The number of nitrogens with two attached hydrogens (primary N) is 2. The SMILES string of the molecule is Nc1ccc(S(N)(=O)=O)cc1.O=C(c1ccccc1)c1ccc(Cl)cc1. The average molecular weight is 389 g/mol. The zero-order chi connectivity index (χ0) is 19.2. The van der Waals surface area contributed by atoms with Crippen LogP contribution in [0, 0.1) is 0 Å². The van der Waals surface area contributed by atoms with Gasteiger partial charge < -0.3 is 5.73 Å². The first-order valence-electron chi connectivity index (χ1n) is 7.51. The fourth-order valence-corrected chi connectivity index (χ4v) is 2.66. The Balaban J connectivity index is 0.000000197. The zero-order valence-electron chi connectivity index (χ0n) is 13.7. The molecule has 0 atom stereocenters. The highest BCUT2D eigenvalue weighted by atomic mass is 35.5. The number of anilines is 1. The number of primary sulfonamides is 1. The summed E-state index contributed by atoms with van der Waals surface area (Å²) in [6.07, 6.45) is 0. The lowest BCUT2D eigenvalue weighted by atomic mass is 10.0. The Bertz CT molecular complexity index is 972. The Morgan fingerprint density at radius 1 is 0.769 bits per heavy atom. The molecule has 3 rings (SSSR count). The Morgan fingerprint density at radius 2 is 1.27 bits per heavy atom. The molecule has 0 amide bonds. The van der Waals surface area contributed by atoms with E-state index in [1.807, 2.05) is 18.2 Å². The molecule has 0 aliphatic rings.